The number of carbonyl (C=O) groups is 1. The summed E-state index contributed by atoms with van der Waals surface area (Å²) in [5, 5.41) is 0. The van der Waals surface area contributed by atoms with E-state index in [4.69, 9.17) is 0 Å². The van der Waals surface area contributed by atoms with Crippen molar-refractivity contribution < 1.29 is 9.18 Å². The minimum Gasteiger partial charge on any atom is -0.299 e. The molecule has 2 rings (SSSR count). The second-order valence-electron chi connectivity index (χ2n) is 4.51. The maximum absolute atomic E-state index is 13.0. The van der Waals surface area contributed by atoms with E-state index in [9.17, 15) is 9.18 Å². The van der Waals surface area contributed by atoms with E-state index < -0.39 is 0 Å². The molecule has 0 saturated heterocycles. The van der Waals surface area contributed by atoms with Gasteiger partial charge in [0.05, 0.1) is 0 Å². The molecule has 0 radical (unpaired) electrons. The van der Waals surface area contributed by atoms with Crippen LogP contribution in [-0.4, -0.2) is 5.78 Å². The van der Waals surface area contributed by atoms with Crippen LogP contribution in [0.4, 0.5) is 4.39 Å². The summed E-state index contributed by atoms with van der Waals surface area (Å²) in [6.07, 6.45) is 0.683. The van der Waals surface area contributed by atoms with Crippen molar-refractivity contribution in [3.05, 3.63) is 71.0 Å². The summed E-state index contributed by atoms with van der Waals surface area (Å²) in [4.78, 5) is 11.9. The molecule has 0 atom stereocenters. The Morgan fingerprint density at radius 2 is 1.67 bits per heavy atom. The van der Waals surface area contributed by atoms with E-state index in [0.717, 1.165) is 11.1 Å². The Morgan fingerprint density at radius 3 is 2.33 bits per heavy atom. The first kappa shape index (κ1) is 12.5. The third-order valence-electron chi connectivity index (χ3n) is 2.81. The first-order valence-corrected chi connectivity index (χ1v) is 5.95. The fourth-order valence-corrected chi connectivity index (χ4v) is 1.87. The van der Waals surface area contributed by atoms with Crippen molar-refractivity contribution in [2.24, 2.45) is 0 Å². The van der Waals surface area contributed by atoms with Gasteiger partial charge in [-0.15, -0.1) is 0 Å². The Balaban J connectivity index is 1.98. The van der Waals surface area contributed by atoms with Gasteiger partial charge in [-0.25, -0.2) is 4.39 Å². The van der Waals surface area contributed by atoms with Crippen LogP contribution in [-0.2, 0) is 17.6 Å². The molecule has 0 fully saturated rings. The lowest BCUT2D eigenvalue weighted by atomic mass is 10.0. The molecular weight excluding hydrogens is 227 g/mol. The summed E-state index contributed by atoms with van der Waals surface area (Å²) in [6.45, 7) is 2.01. The van der Waals surface area contributed by atoms with Crippen molar-refractivity contribution in [1.29, 1.82) is 0 Å². The van der Waals surface area contributed by atoms with Crippen LogP contribution >= 0.6 is 0 Å². The molecule has 18 heavy (non-hydrogen) atoms. The van der Waals surface area contributed by atoms with Crippen LogP contribution in [0.1, 0.15) is 16.7 Å². The molecular formula is C16H15FO. The second kappa shape index (κ2) is 5.58. The quantitative estimate of drug-likeness (QED) is 0.802. The van der Waals surface area contributed by atoms with Gasteiger partial charge in [-0.05, 0) is 30.2 Å². The SMILES string of the molecule is Cc1ccc(CC(=O)Cc2cccc(F)c2)cc1. The summed E-state index contributed by atoms with van der Waals surface area (Å²) < 4.78 is 13.0. The van der Waals surface area contributed by atoms with Gasteiger partial charge in [0.25, 0.3) is 0 Å². The zero-order valence-corrected chi connectivity index (χ0v) is 10.3. The summed E-state index contributed by atoms with van der Waals surface area (Å²) >= 11 is 0. The Morgan fingerprint density at radius 1 is 1.00 bits per heavy atom. The van der Waals surface area contributed by atoms with Crippen molar-refractivity contribution in [3.63, 3.8) is 0 Å². The molecule has 0 saturated carbocycles. The van der Waals surface area contributed by atoms with Crippen molar-refractivity contribution in [1.82, 2.24) is 0 Å². The van der Waals surface area contributed by atoms with Crippen LogP contribution in [0.3, 0.4) is 0 Å². The van der Waals surface area contributed by atoms with Gasteiger partial charge in [0.1, 0.15) is 11.6 Å². The average Bonchev–Trinajstić information content (AvgIpc) is 2.32. The lowest BCUT2D eigenvalue weighted by molar-refractivity contribution is -0.117. The zero-order valence-electron chi connectivity index (χ0n) is 10.3. The highest BCUT2D eigenvalue weighted by Gasteiger charge is 2.05. The first-order valence-electron chi connectivity index (χ1n) is 5.95. The number of halogens is 1. The molecule has 0 N–H and O–H groups in total. The van der Waals surface area contributed by atoms with Crippen molar-refractivity contribution in [3.8, 4) is 0 Å². The average molecular weight is 242 g/mol. The molecule has 0 heterocycles. The molecule has 0 spiro atoms. The summed E-state index contributed by atoms with van der Waals surface area (Å²) in [5.41, 5.74) is 2.91. The summed E-state index contributed by atoms with van der Waals surface area (Å²) in [5.74, 6) is -0.194. The normalized spacial score (nSPS) is 10.3. The number of rotatable bonds is 4. The van der Waals surface area contributed by atoms with Crippen LogP contribution < -0.4 is 0 Å². The molecule has 0 aliphatic rings. The van der Waals surface area contributed by atoms with Gasteiger partial charge >= 0.3 is 0 Å². The minimum atomic E-state index is -0.296. The van der Waals surface area contributed by atoms with Gasteiger partial charge in [-0.3, -0.25) is 4.79 Å². The maximum Gasteiger partial charge on any atom is 0.141 e. The number of hydrogen-bond acceptors (Lipinski definition) is 1. The second-order valence-corrected chi connectivity index (χ2v) is 4.51. The fraction of sp³-hybridized carbons (Fsp3) is 0.188. The molecule has 92 valence electrons. The Bertz CT molecular complexity index is 543. The van der Waals surface area contributed by atoms with Gasteiger partial charge < -0.3 is 0 Å². The zero-order chi connectivity index (χ0) is 13.0. The fourth-order valence-electron chi connectivity index (χ4n) is 1.87. The van der Waals surface area contributed by atoms with Crippen molar-refractivity contribution >= 4 is 5.78 Å². The van der Waals surface area contributed by atoms with Crippen LogP contribution in [0.15, 0.2) is 48.5 Å². The lowest BCUT2D eigenvalue weighted by Gasteiger charge is -2.03. The standard InChI is InChI=1S/C16H15FO/c1-12-5-7-13(8-6-12)10-16(18)11-14-3-2-4-15(17)9-14/h2-9H,10-11H2,1H3. The van der Waals surface area contributed by atoms with Gasteiger partial charge in [0.15, 0.2) is 0 Å². The van der Waals surface area contributed by atoms with Crippen LogP contribution in [0.5, 0.6) is 0 Å². The molecule has 0 aromatic heterocycles. The third-order valence-corrected chi connectivity index (χ3v) is 2.81. The largest absolute Gasteiger partial charge is 0.299 e. The van der Waals surface area contributed by atoms with Gasteiger partial charge in [0, 0.05) is 12.8 Å². The number of ketones is 1. The summed E-state index contributed by atoms with van der Waals surface area (Å²) in [7, 11) is 0. The van der Waals surface area contributed by atoms with Crippen LogP contribution in [0.25, 0.3) is 0 Å². The van der Waals surface area contributed by atoms with Gasteiger partial charge in [-0.1, -0.05) is 42.0 Å². The number of hydrogen-bond donors (Lipinski definition) is 0. The Hall–Kier alpha value is -1.96. The Labute approximate surface area is 106 Å². The number of benzene rings is 2. The molecule has 0 aliphatic carbocycles. The van der Waals surface area contributed by atoms with E-state index in [1.807, 2.05) is 31.2 Å². The highest BCUT2D eigenvalue weighted by atomic mass is 19.1. The van der Waals surface area contributed by atoms with E-state index in [1.54, 1.807) is 12.1 Å². The van der Waals surface area contributed by atoms with E-state index in [-0.39, 0.29) is 18.0 Å². The van der Waals surface area contributed by atoms with E-state index in [1.165, 1.54) is 17.7 Å². The first-order chi connectivity index (χ1) is 8.63. The van der Waals surface area contributed by atoms with E-state index >= 15 is 0 Å². The number of aryl methyl sites for hydroxylation is 1. The molecule has 2 heteroatoms. The van der Waals surface area contributed by atoms with Crippen LogP contribution in [0.2, 0.25) is 0 Å². The van der Waals surface area contributed by atoms with Crippen LogP contribution in [0, 0.1) is 12.7 Å². The van der Waals surface area contributed by atoms with E-state index in [2.05, 4.69) is 0 Å². The molecule has 2 aromatic rings. The van der Waals surface area contributed by atoms with E-state index in [0.29, 0.717) is 6.42 Å². The predicted octanol–water partition coefficient (Wildman–Crippen LogP) is 3.49. The predicted molar refractivity (Wildman–Crippen MR) is 70.0 cm³/mol. The highest BCUT2D eigenvalue weighted by Crippen LogP contribution is 2.08. The third kappa shape index (κ3) is 3.52. The molecule has 0 bridgehead atoms. The van der Waals surface area contributed by atoms with Crippen molar-refractivity contribution in [2.45, 2.75) is 19.8 Å². The summed E-state index contributed by atoms with van der Waals surface area (Å²) in [6, 6.07) is 14.1. The monoisotopic (exact) mass is 242 g/mol. The van der Waals surface area contributed by atoms with Gasteiger partial charge in [-0.2, -0.15) is 0 Å². The highest BCUT2D eigenvalue weighted by molar-refractivity contribution is 5.83. The smallest absolute Gasteiger partial charge is 0.141 e. The number of carbonyl (C=O) groups excluding carboxylic acids is 1. The topological polar surface area (TPSA) is 17.1 Å². The molecule has 1 nitrogen and oxygen atoms in total. The maximum atomic E-state index is 13.0. The number of Topliss-reactive ketones (excluding diaryl/α,β-unsaturated/α-hetero) is 1. The molecule has 0 aliphatic heterocycles. The Kier molecular flexibility index (Phi) is 3.88. The lowest BCUT2D eigenvalue weighted by Crippen LogP contribution is -2.06. The molecule has 0 amide bonds. The molecule has 2 aromatic carbocycles. The minimum absolute atomic E-state index is 0.101. The van der Waals surface area contributed by atoms with Gasteiger partial charge in [0.2, 0.25) is 0 Å². The molecule has 0 unspecified atom stereocenters. The van der Waals surface area contributed by atoms with Crippen molar-refractivity contribution in [2.75, 3.05) is 0 Å².